The fourth-order valence-electron chi connectivity index (χ4n) is 2.63. The molecule has 1 aliphatic heterocycles. The molecule has 1 atom stereocenters. The van der Waals surface area contributed by atoms with E-state index in [0.29, 0.717) is 45.2 Å². The Morgan fingerprint density at radius 2 is 2.12 bits per heavy atom. The van der Waals surface area contributed by atoms with Crippen molar-refractivity contribution in [2.75, 3.05) is 59.6 Å². The van der Waals surface area contributed by atoms with Crippen molar-refractivity contribution >= 4 is 5.96 Å². The molecule has 0 aliphatic carbocycles. The Hall–Kier alpha value is -1.06. The first-order valence-electron chi connectivity index (χ1n) is 9.37. The van der Waals surface area contributed by atoms with Gasteiger partial charge in [-0.25, -0.2) is 0 Å². The van der Waals surface area contributed by atoms with E-state index in [1.54, 1.807) is 0 Å². The summed E-state index contributed by atoms with van der Waals surface area (Å²) in [6.07, 6.45) is -0.288. The van der Waals surface area contributed by atoms with Crippen molar-refractivity contribution in [3.8, 4) is 0 Å². The number of alkyl halides is 3. The minimum absolute atomic E-state index is 0.243. The summed E-state index contributed by atoms with van der Waals surface area (Å²) in [6, 6.07) is 0. The van der Waals surface area contributed by atoms with E-state index in [1.165, 1.54) is 11.9 Å². The predicted molar refractivity (Wildman–Crippen MR) is 96.6 cm³/mol. The van der Waals surface area contributed by atoms with Gasteiger partial charge in [-0.05, 0) is 46.2 Å². The molecule has 1 fully saturated rings. The molecule has 0 saturated carbocycles. The third-order valence-corrected chi connectivity index (χ3v) is 3.85. The number of nitrogens with one attached hydrogen (secondary N) is 2. The summed E-state index contributed by atoms with van der Waals surface area (Å²) in [7, 11) is 1.48. The highest BCUT2D eigenvalue weighted by Gasteiger charge is 2.28. The SMILES string of the molecule is CCNC(=NCCCOCC1CCCO1)NCCCN(C)CC(F)(F)F. The summed E-state index contributed by atoms with van der Waals surface area (Å²) in [5.74, 6) is 0.685. The molecule has 0 aromatic carbocycles. The van der Waals surface area contributed by atoms with Crippen molar-refractivity contribution in [1.82, 2.24) is 15.5 Å². The number of hydrogen-bond acceptors (Lipinski definition) is 4. The molecule has 0 spiro atoms. The predicted octanol–water partition coefficient (Wildman–Crippen LogP) is 2.01. The van der Waals surface area contributed by atoms with Gasteiger partial charge < -0.3 is 20.1 Å². The van der Waals surface area contributed by atoms with Gasteiger partial charge in [0.1, 0.15) is 0 Å². The lowest BCUT2D eigenvalue weighted by molar-refractivity contribution is -0.143. The fraction of sp³-hybridized carbons (Fsp3) is 0.941. The Kier molecular flexibility index (Phi) is 11.6. The van der Waals surface area contributed by atoms with Gasteiger partial charge in [0, 0.05) is 32.8 Å². The van der Waals surface area contributed by atoms with Crippen molar-refractivity contribution in [3.05, 3.63) is 0 Å². The van der Waals surface area contributed by atoms with E-state index < -0.39 is 12.7 Å². The van der Waals surface area contributed by atoms with Crippen LogP contribution < -0.4 is 10.6 Å². The van der Waals surface area contributed by atoms with Crippen LogP contribution in [0.5, 0.6) is 0 Å². The lowest BCUT2D eigenvalue weighted by Crippen LogP contribution is -2.39. The second-order valence-corrected chi connectivity index (χ2v) is 6.46. The molecular weight excluding hydrogens is 349 g/mol. The average Bonchev–Trinajstić information content (AvgIpc) is 3.06. The summed E-state index contributed by atoms with van der Waals surface area (Å²) in [6.45, 7) is 5.53. The van der Waals surface area contributed by atoms with Crippen LogP contribution in [0.15, 0.2) is 4.99 Å². The zero-order valence-electron chi connectivity index (χ0n) is 15.9. The Morgan fingerprint density at radius 3 is 2.77 bits per heavy atom. The number of guanidine groups is 1. The van der Waals surface area contributed by atoms with Gasteiger partial charge in [0.15, 0.2) is 5.96 Å². The Labute approximate surface area is 154 Å². The van der Waals surface area contributed by atoms with E-state index in [4.69, 9.17) is 9.47 Å². The number of aliphatic imine (C=N–C) groups is 1. The van der Waals surface area contributed by atoms with Crippen LogP contribution >= 0.6 is 0 Å². The monoisotopic (exact) mass is 382 g/mol. The summed E-state index contributed by atoms with van der Waals surface area (Å²) < 4.78 is 47.8. The molecule has 9 heteroatoms. The van der Waals surface area contributed by atoms with Crippen molar-refractivity contribution in [1.29, 1.82) is 0 Å². The molecule has 1 saturated heterocycles. The maximum atomic E-state index is 12.3. The normalized spacial score (nSPS) is 18.5. The smallest absolute Gasteiger partial charge is 0.379 e. The van der Waals surface area contributed by atoms with E-state index >= 15 is 0 Å². The second-order valence-electron chi connectivity index (χ2n) is 6.46. The van der Waals surface area contributed by atoms with E-state index in [-0.39, 0.29) is 6.10 Å². The van der Waals surface area contributed by atoms with E-state index in [1.807, 2.05) is 6.92 Å². The Bertz CT molecular complexity index is 389. The van der Waals surface area contributed by atoms with E-state index in [9.17, 15) is 13.2 Å². The van der Waals surface area contributed by atoms with Crippen LogP contribution in [0.25, 0.3) is 0 Å². The second kappa shape index (κ2) is 13.2. The van der Waals surface area contributed by atoms with Crippen LogP contribution in [0.1, 0.15) is 32.6 Å². The highest BCUT2D eigenvalue weighted by atomic mass is 19.4. The third kappa shape index (κ3) is 12.3. The van der Waals surface area contributed by atoms with Gasteiger partial charge in [0.25, 0.3) is 0 Å². The zero-order valence-corrected chi connectivity index (χ0v) is 15.9. The van der Waals surface area contributed by atoms with Gasteiger partial charge in [0.2, 0.25) is 0 Å². The lowest BCUT2D eigenvalue weighted by Gasteiger charge is -2.18. The first-order valence-corrected chi connectivity index (χ1v) is 9.37. The molecule has 26 heavy (non-hydrogen) atoms. The average molecular weight is 382 g/mol. The minimum Gasteiger partial charge on any atom is -0.379 e. The van der Waals surface area contributed by atoms with Gasteiger partial charge in [-0.3, -0.25) is 9.89 Å². The topological polar surface area (TPSA) is 58.1 Å². The lowest BCUT2D eigenvalue weighted by atomic mass is 10.2. The molecule has 154 valence electrons. The van der Waals surface area contributed by atoms with E-state index in [2.05, 4.69) is 15.6 Å². The fourth-order valence-corrected chi connectivity index (χ4v) is 2.63. The summed E-state index contributed by atoms with van der Waals surface area (Å²) in [5, 5.41) is 6.27. The zero-order chi connectivity index (χ0) is 19.3. The molecule has 2 N–H and O–H groups in total. The quantitative estimate of drug-likeness (QED) is 0.307. The van der Waals surface area contributed by atoms with Crippen LogP contribution in [0.4, 0.5) is 13.2 Å². The number of ether oxygens (including phenoxy) is 2. The number of halogens is 3. The molecule has 1 heterocycles. The maximum Gasteiger partial charge on any atom is 0.401 e. The van der Waals surface area contributed by atoms with Gasteiger partial charge in [-0.1, -0.05) is 0 Å². The largest absolute Gasteiger partial charge is 0.401 e. The molecule has 6 nitrogen and oxygen atoms in total. The van der Waals surface area contributed by atoms with E-state index in [0.717, 1.165) is 32.4 Å². The highest BCUT2D eigenvalue weighted by Crippen LogP contribution is 2.15. The molecular formula is C17H33F3N4O2. The van der Waals surface area contributed by atoms with Crippen LogP contribution in [-0.2, 0) is 9.47 Å². The Balaban J connectivity index is 2.09. The maximum absolute atomic E-state index is 12.3. The van der Waals surface area contributed by atoms with Crippen molar-refractivity contribution in [3.63, 3.8) is 0 Å². The summed E-state index contributed by atoms with van der Waals surface area (Å²) >= 11 is 0. The first kappa shape index (κ1) is 23.0. The van der Waals surface area contributed by atoms with Crippen molar-refractivity contribution < 1.29 is 22.6 Å². The number of nitrogens with zero attached hydrogens (tertiary/aromatic N) is 2. The Morgan fingerprint density at radius 1 is 1.31 bits per heavy atom. The van der Waals surface area contributed by atoms with Crippen molar-refractivity contribution in [2.24, 2.45) is 4.99 Å². The van der Waals surface area contributed by atoms with Crippen LogP contribution in [0, 0.1) is 0 Å². The van der Waals surface area contributed by atoms with Gasteiger partial charge in [-0.2, -0.15) is 13.2 Å². The van der Waals surface area contributed by atoms with Gasteiger partial charge >= 0.3 is 6.18 Å². The van der Waals surface area contributed by atoms with Crippen LogP contribution in [0.2, 0.25) is 0 Å². The summed E-state index contributed by atoms with van der Waals surface area (Å²) in [4.78, 5) is 5.72. The minimum atomic E-state index is -4.15. The molecule has 0 radical (unpaired) electrons. The number of rotatable bonds is 12. The molecule has 0 aromatic heterocycles. The van der Waals surface area contributed by atoms with Crippen LogP contribution in [-0.4, -0.2) is 82.7 Å². The van der Waals surface area contributed by atoms with Gasteiger partial charge in [0.05, 0.1) is 19.3 Å². The number of hydrogen-bond donors (Lipinski definition) is 2. The standard InChI is InChI=1S/C17H33F3N4O2/c1-3-21-16(22-8-5-10-24(2)14-17(18,19)20)23-9-6-11-25-13-15-7-4-12-26-15/h15H,3-14H2,1-2H3,(H2,21,22,23). The highest BCUT2D eigenvalue weighted by molar-refractivity contribution is 5.79. The van der Waals surface area contributed by atoms with Crippen LogP contribution in [0.3, 0.4) is 0 Å². The first-order chi connectivity index (χ1) is 12.4. The molecule has 0 bridgehead atoms. The van der Waals surface area contributed by atoms with Gasteiger partial charge in [-0.15, -0.1) is 0 Å². The van der Waals surface area contributed by atoms with Crippen molar-refractivity contribution in [2.45, 2.75) is 44.9 Å². The molecule has 1 aliphatic rings. The molecule has 1 rings (SSSR count). The molecule has 1 unspecified atom stereocenters. The third-order valence-electron chi connectivity index (χ3n) is 3.85. The molecule has 0 amide bonds. The summed E-state index contributed by atoms with van der Waals surface area (Å²) in [5.41, 5.74) is 0. The molecule has 0 aromatic rings.